The Hall–Kier alpha value is -0.580. The second-order valence-electron chi connectivity index (χ2n) is 4.77. The first kappa shape index (κ1) is 15.5. The zero-order valence-electron chi connectivity index (χ0n) is 10.9. The number of carbonyl (C=O) groups excluding carboxylic acids is 1. The smallest absolute Gasteiger partial charge is 0.264 e. The van der Waals surface area contributed by atoms with Crippen molar-refractivity contribution in [2.45, 2.75) is 32.7 Å². The number of rotatable bonds is 3. The van der Waals surface area contributed by atoms with Gasteiger partial charge < -0.3 is 10.6 Å². The van der Waals surface area contributed by atoms with E-state index in [0.29, 0.717) is 18.5 Å². The molecule has 0 spiro atoms. The van der Waals surface area contributed by atoms with E-state index in [0.717, 1.165) is 24.3 Å². The second-order valence-corrected chi connectivity index (χ2v) is 5.69. The molecular weight excluding hydrogens is 268 g/mol. The quantitative estimate of drug-likeness (QED) is 0.929. The van der Waals surface area contributed by atoms with Crippen LogP contribution in [0.25, 0.3) is 0 Å². The van der Waals surface area contributed by atoms with E-state index >= 15 is 0 Å². The fraction of sp³-hybridized carbons (Fsp3) is 0.615. The molecule has 0 aromatic carbocycles. The van der Waals surface area contributed by atoms with E-state index < -0.39 is 0 Å². The van der Waals surface area contributed by atoms with Gasteiger partial charge in [0.25, 0.3) is 5.91 Å². The summed E-state index contributed by atoms with van der Waals surface area (Å²) >= 11 is 1.56. The summed E-state index contributed by atoms with van der Waals surface area (Å²) in [5.41, 5.74) is 6.87. The van der Waals surface area contributed by atoms with Crippen molar-refractivity contribution in [1.29, 1.82) is 0 Å². The zero-order valence-corrected chi connectivity index (χ0v) is 12.5. The minimum atomic E-state index is 0. The van der Waals surface area contributed by atoms with Crippen LogP contribution in [-0.2, 0) is 6.42 Å². The van der Waals surface area contributed by atoms with Crippen molar-refractivity contribution >= 4 is 29.7 Å². The van der Waals surface area contributed by atoms with E-state index in [1.807, 2.05) is 10.3 Å². The van der Waals surface area contributed by atoms with Gasteiger partial charge in [-0.25, -0.2) is 0 Å². The van der Waals surface area contributed by atoms with Crippen molar-refractivity contribution in [2.75, 3.05) is 13.1 Å². The van der Waals surface area contributed by atoms with Crippen LogP contribution in [0, 0.1) is 5.92 Å². The molecule has 1 amide bonds. The van der Waals surface area contributed by atoms with Gasteiger partial charge in [0.15, 0.2) is 0 Å². The Balaban J connectivity index is 0.00000162. The highest BCUT2D eigenvalue weighted by molar-refractivity contribution is 7.12. The molecule has 2 atom stereocenters. The topological polar surface area (TPSA) is 46.3 Å². The Labute approximate surface area is 119 Å². The van der Waals surface area contributed by atoms with Crippen LogP contribution in [-0.4, -0.2) is 29.9 Å². The van der Waals surface area contributed by atoms with Gasteiger partial charge in [-0.2, -0.15) is 0 Å². The van der Waals surface area contributed by atoms with Gasteiger partial charge in [0.05, 0.1) is 4.88 Å². The van der Waals surface area contributed by atoms with Crippen LogP contribution in [0.3, 0.4) is 0 Å². The Morgan fingerprint density at radius 3 is 2.89 bits per heavy atom. The normalized spacial score (nSPS) is 22.9. The van der Waals surface area contributed by atoms with Crippen LogP contribution in [0.1, 0.15) is 35.5 Å². The maximum Gasteiger partial charge on any atom is 0.264 e. The molecule has 1 aromatic heterocycles. The van der Waals surface area contributed by atoms with Crippen molar-refractivity contribution in [3.8, 4) is 0 Å². The largest absolute Gasteiger partial charge is 0.335 e. The number of aryl methyl sites for hydroxylation is 1. The zero-order chi connectivity index (χ0) is 12.4. The molecule has 0 aliphatic carbocycles. The summed E-state index contributed by atoms with van der Waals surface area (Å²) in [6.45, 7) is 5.71. The fourth-order valence-corrected chi connectivity index (χ4v) is 3.48. The highest BCUT2D eigenvalue weighted by Gasteiger charge is 2.33. The summed E-state index contributed by atoms with van der Waals surface area (Å²) in [7, 11) is 0. The summed E-state index contributed by atoms with van der Waals surface area (Å²) in [6, 6.07) is 2.38. The number of thiophene rings is 1. The summed E-state index contributed by atoms with van der Waals surface area (Å²) in [5, 5.41) is 2.01. The van der Waals surface area contributed by atoms with E-state index in [-0.39, 0.29) is 18.3 Å². The maximum atomic E-state index is 12.5. The maximum absolute atomic E-state index is 12.5. The number of carbonyl (C=O) groups is 1. The molecule has 18 heavy (non-hydrogen) atoms. The molecule has 2 heterocycles. The molecule has 5 heteroatoms. The number of halogens is 1. The molecule has 1 fully saturated rings. The predicted molar refractivity (Wildman–Crippen MR) is 78.6 cm³/mol. The Kier molecular flexibility index (Phi) is 5.63. The minimum absolute atomic E-state index is 0. The molecule has 1 aliphatic rings. The van der Waals surface area contributed by atoms with Gasteiger partial charge in [0.2, 0.25) is 0 Å². The van der Waals surface area contributed by atoms with Gasteiger partial charge >= 0.3 is 0 Å². The minimum Gasteiger partial charge on any atom is -0.335 e. The average molecular weight is 289 g/mol. The van der Waals surface area contributed by atoms with Crippen molar-refractivity contribution in [3.05, 3.63) is 21.9 Å². The molecule has 1 saturated heterocycles. The average Bonchev–Trinajstić information content (AvgIpc) is 2.93. The van der Waals surface area contributed by atoms with Crippen LogP contribution in [0.5, 0.6) is 0 Å². The van der Waals surface area contributed by atoms with Gasteiger partial charge in [-0.05, 0) is 49.2 Å². The van der Waals surface area contributed by atoms with Crippen LogP contribution < -0.4 is 5.73 Å². The van der Waals surface area contributed by atoms with Crippen LogP contribution >= 0.6 is 23.7 Å². The van der Waals surface area contributed by atoms with Crippen molar-refractivity contribution in [3.63, 3.8) is 0 Å². The number of likely N-dealkylation sites (tertiary alicyclic amines) is 1. The molecule has 3 nitrogen and oxygen atoms in total. The van der Waals surface area contributed by atoms with E-state index in [1.54, 1.807) is 11.3 Å². The molecule has 1 aliphatic heterocycles. The molecule has 2 unspecified atom stereocenters. The van der Waals surface area contributed by atoms with Crippen molar-refractivity contribution < 1.29 is 4.79 Å². The highest BCUT2D eigenvalue weighted by Crippen LogP contribution is 2.27. The third-order valence-electron chi connectivity index (χ3n) is 3.58. The number of amides is 1. The van der Waals surface area contributed by atoms with Crippen molar-refractivity contribution in [1.82, 2.24) is 4.90 Å². The highest BCUT2D eigenvalue weighted by atomic mass is 35.5. The van der Waals surface area contributed by atoms with Crippen LogP contribution in [0.2, 0.25) is 0 Å². The Morgan fingerprint density at radius 2 is 2.33 bits per heavy atom. The summed E-state index contributed by atoms with van der Waals surface area (Å²) in [5.74, 6) is 0.666. The number of nitrogens with zero attached hydrogens (tertiary/aromatic N) is 1. The first-order valence-corrected chi connectivity index (χ1v) is 7.12. The van der Waals surface area contributed by atoms with Gasteiger partial charge in [0, 0.05) is 12.6 Å². The van der Waals surface area contributed by atoms with Gasteiger partial charge in [-0.1, -0.05) is 6.92 Å². The van der Waals surface area contributed by atoms with Crippen LogP contribution in [0.15, 0.2) is 11.4 Å². The lowest BCUT2D eigenvalue weighted by Crippen LogP contribution is -2.34. The van der Waals surface area contributed by atoms with E-state index in [4.69, 9.17) is 5.73 Å². The summed E-state index contributed by atoms with van der Waals surface area (Å²) in [6.07, 6.45) is 1.96. The summed E-state index contributed by atoms with van der Waals surface area (Å²) < 4.78 is 0. The molecule has 0 saturated carbocycles. The number of hydrogen-bond acceptors (Lipinski definition) is 3. The molecule has 2 rings (SSSR count). The molecule has 1 aromatic rings. The van der Waals surface area contributed by atoms with Gasteiger partial charge in [0.1, 0.15) is 0 Å². The standard InChI is InChI=1S/C13H20N2OS.ClH/c1-3-11-4-5-17-12(11)13(16)15-8-10(7-14)6-9(15)2;/h4-5,9-10H,3,6-8,14H2,1-2H3;1H. The van der Waals surface area contributed by atoms with E-state index in [9.17, 15) is 4.79 Å². The fourth-order valence-electron chi connectivity index (χ4n) is 2.53. The first-order valence-electron chi connectivity index (χ1n) is 6.24. The third kappa shape index (κ3) is 2.87. The number of hydrogen-bond donors (Lipinski definition) is 1. The lowest BCUT2D eigenvalue weighted by molar-refractivity contribution is 0.0747. The second kappa shape index (κ2) is 6.55. The molecule has 102 valence electrons. The molecule has 2 N–H and O–H groups in total. The van der Waals surface area contributed by atoms with Gasteiger partial charge in [-0.15, -0.1) is 23.7 Å². The third-order valence-corrected chi connectivity index (χ3v) is 4.52. The Bertz CT molecular complexity index is 407. The first-order chi connectivity index (χ1) is 8.17. The number of nitrogens with two attached hydrogens (primary N) is 1. The molecule has 0 radical (unpaired) electrons. The van der Waals surface area contributed by atoms with E-state index in [2.05, 4.69) is 19.9 Å². The van der Waals surface area contributed by atoms with Crippen LogP contribution in [0.4, 0.5) is 0 Å². The monoisotopic (exact) mass is 288 g/mol. The SMILES string of the molecule is CCc1ccsc1C(=O)N1CC(CN)CC1C.Cl. The van der Waals surface area contributed by atoms with Crippen molar-refractivity contribution in [2.24, 2.45) is 11.7 Å². The summed E-state index contributed by atoms with van der Waals surface area (Å²) in [4.78, 5) is 15.4. The molecule has 0 bridgehead atoms. The Morgan fingerprint density at radius 1 is 1.61 bits per heavy atom. The molecular formula is C13H21ClN2OS. The lowest BCUT2D eigenvalue weighted by Gasteiger charge is -2.21. The predicted octanol–water partition coefficient (Wildman–Crippen LogP) is 2.54. The van der Waals surface area contributed by atoms with Gasteiger partial charge in [-0.3, -0.25) is 4.79 Å². The lowest BCUT2D eigenvalue weighted by atomic mass is 10.1. The van der Waals surface area contributed by atoms with E-state index in [1.165, 1.54) is 5.56 Å².